The molecule has 1 aromatic heterocycles. The molecule has 1 heterocycles. The van der Waals surface area contributed by atoms with Gasteiger partial charge in [0, 0.05) is 23.9 Å². The van der Waals surface area contributed by atoms with Gasteiger partial charge in [-0.3, -0.25) is 9.59 Å². The highest BCUT2D eigenvalue weighted by Gasteiger charge is 2.16. The summed E-state index contributed by atoms with van der Waals surface area (Å²) in [6.45, 7) is 1.02. The third-order valence-electron chi connectivity index (χ3n) is 4.72. The van der Waals surface area contributed by atoms with Crippen LogP contribution in [0.2, 0.25) is 0 Å². The van der Waals surface area contributed by atoms with E-state index in [2.05, 4.69) is 10.3 Å². The fraction of sp³-hybridized carbons (Fsp3) is 0.120. The molecular formula is C25H20N2O5S. The second kappa shape index (κ2) is 10.1. The van der Waals surface area contributed by atoms with Crippen LogP contribution in [0.5, 0.6) is 0 Å². The van der Waals surface area contributed by atoms with Crippen molar-refractivity contribution in [3.63, 3.8) is 0 Å². The average molecular weight is 461 g/mol. The van der Waals surface area contributed by atoms with Gasteiger partial charge in [-0.1, -0.05) is 42.1 Å². The number of anilines is 1. The molecule has 3 aromatic carbocycles. The lowest BCUT2D eigenvalue weighted by molar-refractivity contribution is -0.114. The Morgan fingerprint density at radius 2 is 1.70 bits per heavy atom. The SMILES string of the molecule is CC(=O)Nc1ccc(C(=O)COC(=O)c2ccccc2CSc2nc3ccccc3o2)cc1. The minimum Gasteiger partial charge on any atom is -0.454 e. The van der Waals surface area contributed by atoms with Gasteiger partial charge in [0.15, 0.2) is 18.0 Å². The van der Waals surface area contributed by atoms with Crippen LogP contribution in [0.15, 0.2) is 82.4 Å². The number of hydrogen-bond acceptors (Lipinski definition) is 7. The number of rotatable bonds is 8. The topological polar surface area (TPSA) is 98.5 Å². The molecule has 0 aliphatic rings. The molecule has 1 amide bonds. The average Bonchev–Trinajstić information content (AvgIpc) is 3.24. The van der Waals surface area contributed by atoms with Crippen molar-refractivity contribution in [3.8, 4) is 0 Å². The van der Waals surface area contributed by atoms with Crippen LogP contribution < -0.4 is 5.32 Å². The Morgan fingerprint density at radius 3 is 2.45 bits per heavy atom. The molecule has 0 unspecified atom stereocenters. The number of thioether (sulfide) groups is 1. The molecular weight excluding hydrogens is 440 g/mol. The summed E-state index contributed by atoms with van der Waals surface area (Å²) in [5, 5.41) is 3.14. The Balaban J connectivity index is 1.37. The third kappa shape index (κ3) is 5.67. The summed E-state index contributed by atoms with van der Waals surface area (Å²) in [4.78, 5) is 40.6. The maximum atomic E-state index is 12.7. The molecule has 166 valence electrons. The Bertz CT molecular complexity index is 1280. The first-order valence-corrected chi connectivity index (χ1v) is 11.1. The van der Waals surface area contributed by atoms with E-state index < -0.39 is 5.97 Å². The van der Waals surface area contributed by atoms with Crippen LogP contribution >= 0.6 is 11.8 Å². The van der Waals surface area contributed by atoms with Crippen molar-refractivity contribution in [3.05, 3.63) is 89.5 Å². The van der Waals surface area contributed by atoms with E-state index in [-0.39, 0.29) is 18.3 Å². The largest absolute Gasteiger partial charge is 0.454 e. The molecule has 0 saturated carbocycles. The van der Waals surface area contributed by atoms with E-state index in [1.54, 1.807) is 36.4 Å². The highest BCUT2D eigenvalue weighted by Crippen LogP contribution is 2.27. The van der Waals surface area contributed by atoms with Crippen LogP contribution in [0.1, 0.15) is 33.2 Å². The number of para-hydroxylation sites is 2. The van der Waals surface area contributed by atoms with E-state index >= 15 is 0 Å². The fourth-order valence-corrected chi connectivity index (χ4v) is 3.97. The predicted octanol–water partition coefficient (Wildman–Crippen LogP) is 5.12. The molecule has 0 fully saturated rings. The molecule has 0 saturated heterocycles. The molecule has 4 rings (SSSR count). The molecule has 7 nitrogen and oxygen atoms in total. The van der Waals surface area contributed by atoms with Crippen molar-refractivity contribution < 1.29 is 23.5 Å². The monoisotopic (exact) mass is 460 g/mol. The number of fused-ring (bicyclic) bond motifs is 1. The fourth-order valence-electron chi connectivity index (χ4n) is 3.13. The number of nitrogens with zero attached hydrogens (tertiary/aromatic N) is 1. The number of nitrogens with one attached hydrogen (secondary N) is 1. The predicted molar refractivity (Wildman–Crippen MR) is 125 cm³/mol. The molecule has 0 radical (unpaired) electrons. The molecule has 0 aliphatic carbocycles. The van der Waals surface area contributed by atoms with E-state index in [1.165, 1.54) is 18.7 Å². The Labute approximate surface area is 194 Å². The zero-order valence-corrected chi connectivity index (χ0v) is 18.6. The highest BCUT2D eigenvalue weighted by atomic mass is 32.2. The van der Waals surface area contributed by atoms with E-state index in [0.717, 1.165) is 11.1 Å². The van der Waals surface area contributed by atoms with Gasteiger partial charge in [-0.25, -0.2) is 9.78 Å². The molecule has 8 heteroatoms. The standard InChI is InChI=1S/C25H20N2O5S/c1-16(28)26-19-12-10-17(11-13-19)22(29)14-31-24(30)20-7-3-2-6-18(20)15-33-25-27-21-8-4-5-9-23(21)32-25/h2-13H,14-15H2,1H3,(H,26,28). The maximum Gasteiger partial charge on any atom is 0.338 e. The minimum atomic E-state index is -0.577. The lowest BCUT2D eigenvalue weighted by atomic mass is 10.1. The van der Waals surface area contributed by atoms with Gasteiger partial charge < -0.3 is 14.5 Å². The quantitative estimate of drug-likeness (QED) is 0.221. The van der Waals surface area contributed by atoms with Gasteiger partial charge in [-0.15, -0.1) is 0 Å². The number of aromatic nitrogens is 1. The molecule has 0 aliphatic heterocycles. The minimum absolute atomic E-state index is 0.198. The maximum absolute atomic E-state index is 12.7. The Kier molecular flexibility index (Phi) is 6.85. The van der Waals surface area contributed by atoms with Gasteiger partial charge >= 0.3 is 5.97 Å². The number of hydrogen-bond donors (Lipinski definition) is 1. The van der Waals surface area contributed by atoms with Gasteiger partial charge in [0.25, 0.3) is 5.22 Å². The van der Waals surface area contributed by atoms with Crippen molar-refractivity contribution >= 4 is 46.2 Å². The van der Waals surface area contributed by atoms with Crippen LogP contribution in [0.25, 0.3) is 11.1 Å². The van der Waals surface area contributed by atoms with E-state index in [0.29, 0.717) is 33.4 Å². The van der Waals surface area contributed by atoms with E-state index in [1.807, 2.05) is 36.4 Å². The zero-order chi connectivity index (χ0) is 23.2. The Hall–Kier alpha value is -3.91. The summed E-state index contributed by atoms with van der Waals surface area (Å²) in [5.74, 6) is -0.657. The Morgan fingerprint density at radius 1 is 0.970 bits per heavy atom. The number of esters is 1. The number of Topliss-reactive ketones (excluding diaryl/α,β-unsaturated/α-hetero) is 1. The molecule has 0 spiro atoms. The first-order chi connectivity index (χ1) is 16.0. The summed E-state index contributed by atoms with van der Waals surface area (Å²) in [7, 11) is 0. The van der Waals surface area contributed by atoms with Crippen molar-refractivity contribution in [2.24, 2.45) is 0 Å². The second-order valence-corrected chi connectivity index (χ2v) is 8.08. The summed E-state index contributed by atoms with van der Waals surface area (Å²) in [6.07, 6.45) is 0. The number of oxazole rings is 1. The molecule has 1 N–H and O–H groups in total. The number of amides is 1. The molecule has 0 bridgehead atoms. The lowest BCUT2D eigenvalue weighted by Gasteiger charge is -2.09. The van der Waals surface area contributed by atoms with Gasteiger partial charge in [0.2, 0.25) is 5.91 Å². The van der Waals surface area contributed by atoms with Crippen molar-refractivity contribution in [2.45, 2.75) is 17.9 Å². The highest BCUT2D eigenvalue weighted by molar-refractivity contribution is 7.98. The smallest absolute Gasteiger partial charge is 0.338 e. The van der Waals surface area contributed by atoms with Crippen LogP contribution in [0, 0.1) is 0 Å². The van der Waals surface area contributed by atoms with Crippen molar-refractivity contribution in [2.75, 3.05) is 11.9 Å². The van der Waals surface area contributed by atoms with E-state index in [4.69, 9.17) is 9.15 Å². The molecule has 4 aromatic rings. The number of carbonyl (C=O) groups excluding carboxylic acids is 3. The summed E-state index contributed by atoms with van der Waals surface area (Å²) < 4.78 is 11.0. The van der Waals surface area contributed by atoms with Crippen LogP contribution in [-0.4, -0.2) is 29.3 Å². The molecule has 0 atom stereocenters. The summed E-state index contributed by atoms with van der Waals surface area (Å²) >= 11 is 1.38. The number of carbonyl (C=O) groups is 3. The van der Waals surface area contributed by atoms with E-state index in [9.17, 15) is 14.4 Å². The number of ether oxygens (including phenoxy) is 1. The lowest BCUT2D eigenvalue weighted by Crippen LogP contribution is -2.15. The summed E-state index contributed by atoms with van der Waals surface area (Å²) in [6, 6.07) is 21.0. The van der Waals surface area contributed by atoms with Crippen LogP contribution in [0.3, 0.4) is 0 Å². The van der Waals surface area contributed by atoms with Gasteiger partial charge in [0.1, 0.15) is 5.52 Å². The molecule has 33 heavy (non-hydrogen) atoms. The van der Waals surface area contributed by atoms with Crippen LogP contribution in [0.4, 0.5) is 5.69 Å². The third-order valence-corrected chi connectivity index (χ3v) is 5.60. The van der Waals surface area contributed by atoms with Crippen molar-refractivity contribution in [1.82, 2.24) is 4.98 Å². The van der Waals surface area contributed by atoms with Gasteiger partial charge in [-0.2, -0.15) is 0 Å². The van der Waals surface area contributed by atoms with Crippen molar-refractivity contribution in [1.29, 1.82) is 0 Å². The number of benzene rings is 3. The first-order valence-electron chi connectivity index (χ1n) is 10.1. The van der Waals surface area contributed by atoms with Gasteiger partial charge in [0.05, 0.1) is 5.56 Å². The summed E-state index contributed by atoms with van der Waals surface area (Å²) in [5.41, 5.74) is 3.59. The van der Waals surface area contributed by atoms with Gasteiger partial charge in [-0.05, 0) is 48.0 Å². The number of ketones is 1. The zero-order valence-electron chi connectivity index (χ0n) is 17.7. The first kappa shape index (κ1) is 22.3. The second-order valence-electron chi connectivity index (χ2n) is 7.15. The normalized spacial score (nSPS) is 10.7. The van der Waals surface area contributed by atoms with Crippen LogP contribution in [-0.2, 0) is 15.3 Å².